The quantitative estimate of drug-likeness (QED) is 0.814. The molecule has 2 amide bonds. The van der Waals surface area contributed by atoms with Crippen LogP contribution in [-0.4, -0.2) is 25.5 Å². The number of ether oxygens (including phenoxy) is 1. The Hall–Kier alpha value is -2.24. The summed E-state index contributed by atoms with van der Waals surface area (Å²) in [5.41, 5.74) is 1.62. The lowest BCUT2D eigenvalue weighted by Gasteiger charge is -2.28. The molecule has 1 fully saturated rings. The van der Waals surface area contributed by atoms with Crippen LogP contribution in [0.5, 0.6) is 5.75 Å². The summed E-state index contributed by atoms with van der Waals surface area (Å²) in [5.74, 6) is 0.333. The fourth-order valence-electron chi connectivity index (χ4n) is 2.88. The van der Waals surface area contributed by atoms with Gasteiger partial charge in [-0.3, -0.25) is 9.59 Å². The summed E-state index contributed by atoms with van der Waals surface area (Å²) in [6.07, 6.45) is 2.35. The molecule has 1 N–H and O–H groups in total. The molecule has 0 aliphatic carbocycles. The number of piperidine rings is 1. The van der Waals surface area contributed by atoms with Crippen LogP contribution in [0.2, 0.25) is 10.0 Å². The highest BCUT2D eigenvalue weighted by Crippen LogP contribution is 2.34. The number of benzene rings is 2. The van der Waals surface area contributed by atoms with Crippen LogP contribution in [-0.2, 0) is 4.79 Å². The van der Waals surface area contributed by atoms with E-state index in [1.54, 1.807) is 42.3 Å². The molecule has 7 heteroatoms. The molecular formula is C19H18Cl2N2O3. The number of nitrogens with zero attached hydrogens (tertiary/aromatic N) is 1. The van der Waals surface area contributed by atoms with Gasteiger partial charge in [0.1, 0.15) is 5.75 Å². The number of hydrogen-bond donors (Lipinski definition) is 1. The Kier molecular flexibility index (Phi) is 5.69. The van der Waals surface area contributed by atoms with Crippen molar-refractivity contribution in [2.24, 2.45) is 0 Å². The van der Waals surface area contributed by atoms with Gasteiger partial charge in [0.25, 0.3) is 5.91 Å². The fourth-order valence-corrected chi connectivity index (χ4v) is 3.18. The van der Waals surface area contributed by atoms with Crippen LogP contribution in [0.1, 0.15) is 29.6 Å². The minimum atomic E-state index is -0.315. The maximum absolute atomic E-state index is 12.5. The number of amides is 2. The number of halogens is 2. The van der Waals surface area contributed by atoms with Crippen molar-refractivity contribution in [3.63, 3.8) is 0 Å². The topological polar surface area (TPSA) is 58.6 Å². The predicted molar refractivity (Wildman–Crippen MR) is 104 cm³/mol. The molecule has 0 atom stereocenters. The number of carbonyl (C=O) groups is 2. The highest BCUT2D eigenvalue weighted by Gasteiger charge is 2.23. The van der Waals surface area contributed by atoms with E-state index >= 15 is 0 Å². The molecule has 0 saturated carbocycles. The average molecular weight is 393 g/mol. The van der Waals surface area contributed by atoms with E-state index in [1.165, 1.54) is 6.07 Å². The van der Waals surface area contributed by atoms with Gasteiger partial charge in [-0.05, 0) is 49.2 Å². The molecule has 0 aromatic heterocycles. The van der Waals surface area contributed by atoms with Gasteiger partial charge in [-0.15, -0.1) is 0 Å². The zero-order valence-corrected chi connectivity index (χ0v) is 15.7. The van der Waals surface area contributed by atoms with Crippen molar-refractivity contribution in [2.45, 2.75) is 19.3 Å². The van der Waals surface area contributed by atoms with E-state index < -0.39 is 0 Å². The largest absolute Gasteiger partial charge is 0.495 e. The van der Waals surface area contributed by atoms with Crippen LogP contribution < -0.4 is 15.0 Å². The lowest BCUT2D eigenvalue weighted by atomic mass is 10.1. The normalized spacial score (nSPS) is 14.3. The van der Waals surface area contributed by atoms with Crippen LogP contribution in [0, 0.1) is 0 Å². The number of nitrogens with one attached hydrogen (secondary N) is 1. The van der Waals surface area contributed by atoms with E-state index in [9.17, 15) is 9.59 Å². The molecule has 0 radical (unpaired) electrons. The molecule has 2 aromatic carbocycles. The van der Waals surface area contributed by atoms with Gasteiger partial charge in [-0.1, -0.05) is 23.2 Å². The lowest BCUT2D eigenvalue weighted by Crippen LogP contribution is -2.35. The van der Waals surface area contributed by atoms with Gasteiger partial charge in [0.2, 0.25) is 5.91 Å². The molecule has 1 saturated heterocycles. The molecule has 3 rings (SSSR count). The van der Waals surface area contributed by atoms with Crippen LogP contribution in [0.3, 0.4) is 0 Å². The third-order valence-electron chi connectivity index (χ3n) is 4.23. The second kappa shape index (κ2) is 7.98. The summed E-state index contributed by atoms with van der Waals surface area (Å²) < 4.78 is 5.38. The molecule has 5 nitrogen and oxygen atoms in total. The smallest absolute Gasteiger partial charge is 0.255 e. The van der Waals surface area contributed by atoms with E-state index in [1.807, 2.05) is 0 Å². The van der Waals surface area contributed by atoms with Gasteiger partial charge >= 0.3 is 0 Å². The molecule has 1 heterocycles. The molecule has 0 unspecified atom stereocenters. The Labute approximate surface area is 161 Å². The summed E-state index contributed by atoms with van der Waals surface area (Å²) in [7, 11) is 1.56. The van der Waals surface area contributed by atoms with Gasteiger partial charge in [-0.25, -0.2) is 0 Å². The SMILES string of the molecule is COc1ccc(NC(=O)c2ccc(Cl)c(Cl)c2)cc1N1CCCCC1=O. The van der Waals surface area contributed by atoms with Crippen molar-refractivity contribution in [3.05, 3.63) is 52.0 Å². The molecular weight excluding hydrogens is 375 g/mol. The second-order valence-corrected chi connectivity index (χ2v) is 6.79. The number of carbonyl (C=O) groups excluding carboxylic acids is 2. The average Bonchev–Trinajstić information content (AvgIpc) is 2.64. The van der Waals surface area contributed by atoms with E-state index in [-0.39, 0.29) is 11.8 Å². The fraction of sp³-hybridized carbons (Fsp3) is 0.263. The van der Waals surface area contributed by atoms with E-state index in [0.717, 1.165) is 12.8 Å². The highest BCUT2D eigenvalue weighted by molar-refractivity contribution is 6.42. The minimum Gasteiger partial charge on any atom is -0.495 e. The summed E-state index contributed by atoms with van der Waals surface area (Å²) in [4.78, 5) is 26.4. The summed E-state index contributed by atoms with van der Waals surface area (Å²) >= 11 is 11.9. The standard InChI is InChI=1S/C19H18Cl2N2O3/c1-26-17-8-6-13(11-16(17)23-9-3-2-4-18(23)24)22-19(25)12-5-7-14(20)15(21)10-12/h5-8,10-11H,2-4,9H2,1H3,(H,22,25). The summed E-state index contributed by atoms with van der Waals surface area (Å²) in [6.45, 7) is 0.638. The first-order valence-corrected chi connectivity index (χ1v) is 9.00. The van der Waals surface area contributed by atoms with Crippen molar-refractivity contribution in [2.75, 3.05) is 23.9 Å². The lowest BCUT2D eigenvalue weighted by molar-refractivity contribution is -0.119. The number of hydrogen-bond acceptors (Lipinski definition) is 3. The number of methoxy groups -OCH3 is 1. The van der Waals surface area contributed by atoms with E-state index in [2.05, 4.69) is 5.32 Å². The molecule has 1 aliphatic rings. The molecule has 0 spiro atoms. The third-order valence-corrected chi connectivity index (χ3v) is 4.97. The van der Waals surface area contributed by atoms with Gasteiger partial charge in [0, 0.05) is 24.2 Å². The van der Waals surface area contributed by atoms with E-state index in [4.69, 9.17) is 27.9 Å². The van der Waals surface area contributed by atoms with Crippen molar-refractivity contribution in [1.82, 2.24) is 0 Å². The van der Waals surface area contributed by atoms with Crippen molar-refractivity contribution >= 4 is 46.4 Å². The number of rotatable bonds is 4. The first-order chi connectivity index (χ1) is 12.5. The monoisotopic (exact) mass is 392 g/mol. The molecule has 136 valence electrons. The van der Waals surface area contributed by atoms with Crippen LogP contribution in [0.25, 0.3) is 0 Å². The first kappa shape index (κ1) is 18.5. The highest BCUT2D eigenvalue weighted by atomic mass is 35.5. The third kappa shape index (κ3) is 3.94. The zero-order chi connectivity index (χ0) is 18.7. The molecule has 0 bridgehead atoms. The Bertz CT molecular complexity index is 855. The zero-order valence-electron chi connectivity index (χ0n) is 14.2. The molecule has 2 aromatic rings. The minimum absolute atomic E-state index is 0.0579. The maximum Gasteiger partial charge on any atom is 0.255 e. The Morgan fingerprint density at radius 1 is 1.12 bits per heavy atom. The van der Waals surface area contributed by atoms with Gasteiger partial charge < -0.3 is 15.0 Å². The second-order valence-electron chi connectivity index (χ2n) is 5.97. The summed E-state index contributed by atoms with van der Waals surface area (Å²) in [5, 5.41) is 3.52. The Morgan fingerprint density at radius 3 is 2.62 bits per heavy atom. The van der Waals surface area contributed by atoms with Crippen LogP contribution in [0.4, 0.5) is 11.4 Å². The first-order valence-electron chi connectivity index (χ1n) is 8.24. The van der Waals surface area contributed by atoms with Gasteiger partial charge in [0.05, 0.1) is 22.8 Å². The van der Waals surface area contributed by atoms with Crippen molar-refractivity contribution in [3.8, 4) is 5.75 Å². The van der Waals surface area contributed by atoms with Crippen molar-refractivity contribution < 1.29 is 14.3 Å². The van der Waals surface area contributed by atoms with Crippen molar-refractivity contribution in [1.29, 1.82) is 0 Å². The maximum atomic E-state index is 12.5. The molecule has 26 heavy (non-hydrogen) atoms. The van der Waals surface area contributed by atoms with Crippen LogP contribution in [0.15, 0.2) is 36.4 Å². The van der Waals surface area contributed by atoms with Crippen LogP contribution >= 0.6 is 23.2 Å². The summed E-state index contributed by atoms with van der Waals surface area (Å²) in [6, 6.07) is 9.90. The number of anilines is 2. The predicted octanol–water partition coefficient (Wildman–Crippen LogP) is 4.77. The Balaban J connectivity index is 1.86. The van der Waals surface area contributed by atoms with Gasteiger partial charge in [0.15, 0.2) is 0 Å². The molecule has 1 aliphatic heterocycles. The van der Waals surface area contributed by atoms with E-state index in [0.29, 0.717) is 45.7 Å². The van der Waals surface area contributed by atoms with Gasteiger partial charge in [-0.2, -0.15) is 0 Å². The Morgan fingerprint density at radius 2 is 1.92 bits per heavy atom.